The van der Waals surface area contributed by atoms with Gasteiger partial charge in [-0.15, -0.1) is 0 Å². The van der Waals surface area contributed by atoms with E-state index in [9.17, 15) is 18.0 Å². The summed E-state index contributed by atoms with van der Waals surface area (Å²) in [7, 11) is -3.63. The summed E-state index contributed by atoms with van der Waals surface area (Å²) in [5.41, 5.74) is -0.653. The molecule has 2 amide bonds. The number of rotatable bonds is 0. The van der Waals surface area contributed by atoms with Gasteiger partial charge in [-0.2, -0.15) is 0 Å². The molecular formula is C15H26N2O5S. The lowest BCUT2D eigenvalue weighted by Gasteiger charge is -2.20. The predicted octanol–water partition coefficient (Wildman–Crippen LogP) is 1.77. The number of ether oxygens (including phenoxy) is 1. The Bertz CT molecular complexity index is 567. The molecule has 1 unspecified atom stereocenters. The Hall–Kier alpha value is -1.31. The van der Waals surface area contributed by atoms with Crippen molar-refractivity contribution in [2.75, 3.05) is 5.75 Å². The van der Waals surface area contributed by atoms with Crippen molar-refractivity contribution in [3.8, 4) is 0 Å². The summed E-state index contributed by atoms with van der Waals surface area (Å²) in [4.78, 5) is 25.8. The zero-order valence-corrected chi connectivity index (χ0v) is 14.8. The minimum absolute atomic E-state index is 0.0530. The van der Waals surface area contributed by atoms with E-state index in [4.69, 9.17) is 4.74 Å². The van der Waals surface area contributed by atoms with Crippen molar-refractivity contribution in [1.82, 2.24) is 9.62 Å². The Morgan fingerprint density at radius 3 is 2.43 bits per heavy atom. The van der Waals surface area contributed by atoms with E-state index in [-0.39, 0.29) is 11.8 Å². The maximum atomic E-state index is 12.2. The van der Waals surface area contributed by atoms with Gasteiger partial charge in [0, 0.05) is 0 Å². The van der Waals surface area contributed by atoms with Crippen molar-refractivity contribution in [2.24, 2.45) is 0 Å². The fourth-order valence-corrected chi connectivity index (χ4v) is 4.00. The SMILES string of the molecule is CC(C)(C)OC(=O)N1C2C(=O)NS(=O)(=O)CCCCCCC[C@@H]21. The van der Waals surface area contributed by atoms with Crippen LogP contribution in [0.3, 0.4) is 0 Å². The van der Waals surface area contributed by atoms with Gasteiger partial charge in [-0.25, -0.2) is 13.2 Å². The Morgan fingerprint density at radius 2 is 1.78 bits per heavy atom. The van der Waals surface area contributed by atoms with Gasteiger partial charge in [0.2, 0.25) is 10.0 Å². The molecule has 2 heterocycles. The van der Waals surface area contributed by atoms with Crippen molar-refractivity contribution >= 4 is 22.0 Å². The second-order valence-corrected chi connectivity index (χ2v) is 9.08. The number of nitrogens with zero attached hydrogens (tertiary/aromatic N) is 1. The highest BCUT2D eigenvalue weighted by Gasteiger charge is 2.57. The van der Waals surface area contributed by atoms with E-state index in [2.05, 4.69) is 4.72 Å². The van der Waals surface area contributed by atoms with Crippen LogP contribution in [0.25, 0.3) is 0 Å². The third-order valence-electron chi connectivity index (χ3n) is 3.97. The first-order valence-electron chi connectivity index (χ1n) is 8.16. The summed E-state index contributed by atoms with van der Waals surface area (Å²) in [6, 6.07) is -1.00. The molecule has 0 aliphatic carbocycles. The van der Waals surface area contributed by atoms with Gasteiger partial charge < -0.3 is 4.74 Å². The first kappa shape index (κ1) is 18.0. The number of nitrogens with one attached hydrogen (secondary N) is 1. The van der Waals surface area contributed by atoms with Gasteiger partial charge in [0.25, 0.3) is 5.91 Å². The fraction of sp³-hybridized carbons (Fsp3) is 0.867. The van der Waals surface area contributed by atoms with Crippen molar-refractivity contribution < 1.29 is 22.7 Å². The van der Waals surface area contributed by atoms with Gasteiger partial charge in [0.15, 0.2) is 0 Å². The second-order valence-electron chi connectivity index (χ2n) is 7.24. The minimum atomic E-state index is -3.63. The highest BCUT2D eigenvalue weighted by Crippen LogP contribution is 2.35. The Balaban J connectivity index is 2.09. The summed E-state index contributed by atoms with van der Waals surface area (Å²) >= 11 is 0. The maximum Gasteiger partial charge on any atom is 0.411 e. The van der Waals surface area contributed by atoms with Crippen molar-refractivity contribution in [3.05, 3.63) is 0 Å². The molecule has 0 radical (unpaired) electrons. The molecule has 7 nitrogen and oxygen atoms in total. The molecule has 0 aromatic carbocycles. The Kier molecular flexibility index (Phi) is 5.23. The molecular weight excluding hydrogens is 320 g/mol. The first-order chi connectivity index (χ1) is 10.6. The van der Waals surface area contributed by atoms with E-state index in [0.29, 0.717) is 12.8 Å². The molecule has 0 spiro atoms. The van der Waals surface area contributed by atoms with Crippen molar-refractivity contribution in [1.29, 1.82) is 0 Å². The largest absolute Gasteiger partial charge is 0.444 e. The van der Waals surface area contributed by atoms with Crippen LogP contribution in [0.15, 0.2) is 0 Å². The van der Waals surface area contributed by atoms with Gasteiger partial charge in [0.05, 0.1) is 11.8 Å². The van der Waals surface area contributed by atoms with E-state index in [0.717, 1.165) is 25.7 Å². The molecule has 0 aromatic rings. The molecule has 8 heteroatoms. The smallest absolute Gasteiger partial charge is 0.411 e. The summed E-state index contributed by atoms with van der Waals surface area (Å²) in [5, 5.41) is 0. The van der Waals surface area contributed by atoms with E-state index in [1.54, 1.807) is 20.8 Å². The van der Waals surface area contributed by atoms with Crippen LogP contribution in [0.4, 0.5) is 4.79 Å². The summed E-state index contributed by atoms with van der Waals surface area (Å²) in [6.07, 6.45) is 4.37. The molecule has 2 atom stereocenters. The van der Waals surface area contributed by atoms with Crippen LogP contribution in [0.1, 0.15) is 59.3 Å². The number of hydrogen-bond acceptors (Lipinski definition) is 5. The molecule has 0 bridgehead atoms. The molecule has 2 aliphatic rings. The third kappa shape index (κ3) is 5.09. The Morgan fingerprint density at radius 1 is 1.17 bits per heavy atom. The third-order valence-corrected chi connectivity index (χ3v) is 5.31. The van der Waals surface area contributed by atoms with Crippen LogP contribution in [-0.4, -0.2) is 48.8 Å². The lowest BCUT2D eigenvalue weighted by molar-refractivity contribution is -0.119. The zero-order chi connectivity index (χ0) is 17.3. The number of sulfonamides is 1. The molecule has 2 aliphatic heterocycles. The van der Waals surface area contributed by atoms with Gasteiger partial charge in [0.1, 0.15) is 11.6 Å². The molecule has 2 rings (SSSR count). The van der Waals surface area contributed by atoms with Crippen LogP contribution in [-0.2, 0) is 19.6 Å². The normalized spacial score (nSPS) is 28.7. The molecule has 2 saturated heterocycles. The second kappa shape index (κ2) is 6.67. The molecule has 0 aromatic heterocycles. The molecule has 0 saturated carbocycles. The molecule has 23 heavy (non-hydrogen) atoms. The van der Waals surface area contributed by atoms with E-state index in [1.165, 1.54) is 4.90 Å². The number of fused-ring (bicyclic) bond motifs is 1. The highest BCUT2D eigenvalue weighted by molar-refractivity contribution is 7.90. The van der Waals surface area contributed by atoms with Crippen LogP contribution in [0.5, 0.6) is 0 Å². The van der Waals surface area contributed by atoms with Gasteiger partial charge in [-0.05, 0) is 33.6 Å². The van der Waals surface area contributed by atoms with Crippen LogP contribution >= 0.6 is 0 Å². The van der Waals surface area contributed by atoms with Gasteiger partial charge in [-0.3, -0.25) is 14.4 Å². The molecule has 132 valence electrons. The fourth-order valence-electron chi connectivity index (χ4n) is 2.88. The summed E-state index contributed by atoms with van der Waals surface area (Å²) < 4.78 is 31.2. The topological polar surface area (TPSA) is 92.6 Å². The van der Waals surface area contributed by atoms with Crippen molar-refractivity contribution in [3.63, 3.8) is 0 Å². The maximum absolute atomic E-state index is 12.2. The number of hydrogen-bond donors (Lipinski definition) is 1. The average molecular weight is 346 g/mol. The van der Waals surface area contributed by atoms with Gasteiger partial charge in [-0.1, -0.05) is 25.7 Å². The average Bonchev–Trinajstić information content (AvgIpc) is 3.08. The monoisotopic (exact) mass is 346 g/mol. The van der Waals surface area contributed by atoms with E-state index >= 15 is 0 Å². The number of carbonyl (C=O) groups is 2. The zero-order valence-electron chi connectivity index (χ0n) is 14.0. The van der Waals surface area contributed by atoms with E-state index < -0.39 is 33.7 Å². The van der Waals surface area contributed by atoms with Crippen LogP contribution in [0, 0.1) is 0 Å². The lowest BCUT2D eigenvalue weighted by Crippen LogP contribution is -2.38. The molecule has 1 N–H and O–H groups in total. The van der Waals surface area contributed by atoms with Crippen LogP contribution < -0.4 is 4.72 Å². The first-order valence-corrected chi connectivity index (χ1v) is 9.82. The number of amides is 2. The summed E-state index contributed by atoms with van der Waals surface area (Å²) in [5.74, 6) is -0.677. The number of carbonyl (C=O) groups excluding carboxylic acids is 2. The Labute approximate surface area is 137 Å². The van der Waals surface area contributed by atoms with Crippen molar-refractivity contribution in [2.45, 2.75) is 77.0 Å². The standard InChI is InChI=1S/C15H26N2O5S/c1-15(2,3)22-14(19)17-11-9-7-5-4-6-8-10-23(20,21)16-13(18)12(11)17/h11-12H,4-10H2,1-3H3,(H,16,18)/t11-,12?,17?/m0/s1. The predicted molar refractivity (Wildman–Crippen MR) is 85.3 cm³/mol. The van der Waals surface area contributed by atoms with E-state index in [1.807, 2.05) is 0 Å². The van der Waals surface area contributed by atoms with Gasteiger partial charge >= 0.3 is 6.09 Å². The lowest BCUT2D eigenvalue weighted by atomic mass is 10.1. The minimum Gasteiger partial charge on any atom is -0.444 e. The summed E-state index contributed by atoms with van der Waals surface area (Å²) in [6.45, 7) is 5.27. The highest BCUT2D eigenvalue weighted by atomic mass is 32.2. The quantitative estimate of drug-likeness (QED) is 0.675. The molecule has 2 fully saturated rings. The van der Waals surface area contributed by atoms with Crippen LogP contribution in [0.2, 0.25) is 0 Å².